The van der Waals surface area contributed by atoms with E-state index in [1.807, 2.05) is 20.8 Å². The van der Waals surface area contributed by atoms with Crippen molar-refractivity contribution in [2.24, 2.45) is 0 Å². The fourth-order valence-corrected chi connectivity index (χ4v) is 2.21. The monoisotopic (exact) mass is 256 g/mol. The van der Waals surface area contributed by atoms with Gasteiger partial charge in [0.1, 0.15) is 5.60 Å². The zero-order chi connectivity index (χ0) is 14.0. The molecule has 1 N–H and O–H groups in total. The van der Waals surface area contributed by atoms with E-state index in [-0.39, 0.29) is 11.6 Å². The van der Waals surface area contributed by atoms with Crippen molar-refractivity contribution in [1.82, 2.24) is 10.2 Å². The van der Waals surface area contributed by atoms with E-state index in [0.29, 0.717) is 6.04 Å². The Bertz CT molecular complexity index is 287. The summed E-state index contributed by atoms with van der Waals surface area (Å²) in [5, 5.41) is 3.02. The van der Waals surface area contributed by atoms with Gasteiger partial charge in [-0.3, -0.25) is 0 Å². The molecule has 0 atom stereocenters. The summed E-state index contributed by atoms with van der Waals surface area (Å²) in [7, 11) is 0. The molecule has 1 amide bonds. The molecular formula is C14H28N2O2. The molecule has 0 spiro atoms. The topological polar surface area (TPSA) is 41.6 Å². The van der Waals surface area contributed by atoms with Gasteiger partial charge in [-0.25, -0.2) is 4.79 Å². The highest BCUT2D eigenvalue weighted by atomic mass is 16.6. The molecular weight excluding hydrogens is 228 g/mol. The Morgan fingerprint density at radius 3 is 2.17 bits per heavy atom. The van der Waals surface area contributed by atoms with Crippen LogP contribution in [-0.4, -0.2) is 41.3 Å². The van der Waals surface area contributed by atoms with Crippen LogP contribution in [-0.2, 0) is 4.74 Å². The Hall–Kier alpha value is -0.770. The Morgan fingerprint density at radius 1 is 1.28 bits per heavy atom. The molecule has 0 aliphatic carbocycles. The number of piperidine rings is 1. The average molecular weight is 256 g/mol. The van der Waals surface area contributed by atoms with E-state index in [1.165, 1.54) is 0 Å². The van der Waals surface area contributed by atoms with E-state index < -0.39 is 5.60 Å². The molecule has 1 heterocycles. The first-order valence-corrected chi connectivity index (χ1v) is 6.86. The number of hydrogen-bond donors (Lipinski definition) is 1. The SMILES string of the molecule is CC(C)N1CCC(C)(NC(=O)OC(C)(C)C)CC1. The molecule has 4 heteroatoms. The van der Waals surface area contributed by atoms with Crippen LogP contribution in [0.15, 0.2) is 0 Å². The number of ether oxygens (including phenoxy) is 1. The van der Waals surface area contributed by atoms with Gasteiger partial charge in [0.15, 0.2) is 0 Å². The standard InChI is InChI=1S/C14H28N2O2/c1-11(2)16-9-7-14(6,8-10-16)15-12(17)18-13(3,4)5/h11H,7-10H2,1-6H3,(H,15,17). The Labute approximate surface area is 111 Å². The first kappa shape index (κ1) is 15.3. The van der Waals surface area contributed by atoms with Gasteiger partial charge < -0.3 is 15.0 Å². The summed E-state index contributed by atoms with van der Waals surface area (Å²) in [4.78, 5) is 14.2. The number of carbonyl (C=O) groups excluding carboxylic acids is 1. The van der Waals surface area contributed by atoms with Gasteiger partial charge >= 0.3 is 6.09 Å². The lowest BCUT2D eigenvalue weighted by Crippen LogP contribution is -2.55. The van der Waals surface area contributed by atoms with Gasteiger partial charge in [-0.1, -0.05) is 0 Å². The van der Waals surface area contributed by atoms with E-state index in [2.05, 4.69) is 31.0 Å². The van der Waals surface area contributed by atoms with Crippen LogP contribution in [0.4, 0.5) is 4.79 Å². The smallest absolute Gasteiger partial charge is 0.408 e. The summed E-state index contributed by atoms with van der Waals surface area (Å²) in [6.45, 7) is 14.2. The van der Waals surface area contributed by atoms with Gasteiger partial charge in [-0.2, -0.15) is 0 Å². The maximum absolute atomic E-state index is 11.8. The minimum absolute atomic E-state index is 0.131. The lowest BCUT2D eigenvalue weighted by atomic mass is 9.89. The first-order chi connectivity index (χ1) is 8.11. The van der Waals surface area contributed by atoms with Gasteiger partial charge in [-0.05, 0) is 54.4 Å². The maximum Gasteiger partial charge on any atom is 0.408 e. The van der Waals surface area contributed by atoms with Crippen molar-refractivity contribution in [2.45, 2.75) is 71.6 Å². The summed E-state index contributed by atoms with van der Waals surface area (Å²) in [6.07, 6.45) is 1.65. The molecule has 1 saturated heterocycles. The molecule has 1 aliphatic rings. The maximum atomic E-state index is 11.8. The normalized spacial score (nSPS) is 20.8. The highest BCUT2D eigenvalue weighted by Crippen LogP contribution is 2.23. The van der Waals surface area contributed by atoms with Crippen molar-refractivity contribution in [3.63, 3.8) is 0 Å². The van der Waals surface area contributed by atoms with Crippen LogP contribution in [0.5, 0.6) is 0 Å². The van der Waals surface area contributed by atoms with Crippen LogP contribution in [0, 0.1) is 0 Å². The molecule has 0 saturated carbocycles. The van der Waals surface area contributed by atoms with E-state index in [1.54, 1.807) is 0 Å². The van der Waals surface area contributed by atoms with Crippen molar-refractivity contribution in [2.75, 3.05) is 13.1 Å². The summed E-state index contributed by atoms with van der Waals surface area (Å²) in [6, 6.07) is 0.580. The third kappa shape index (κ3) is 4.84. The molecule has 1 aliphatic heterocycles. The molecule has 4 nitrogen and oxygen atoms in total. The third-order valence-corrected chi connectivity index (χ3v) is 3.43. The van der Waals surface area contributed by atoms with Crippen LogP contribution >= 0.6 is 0 Å². The average Bonchev–Trinajstić information content (AvgIpc) is 2.13. The lowest BCUT2D eigenvalue weighted by molar-refractivity contribution is 0.0390. The number of nitrogens with zero attached hydrogens (tertiary/aromatic N) is 1. The molecule has 0 aromatic rings. The molecule has 1 fully saturated rings. The second-order valence-corrected chi connectivity index (χ2v) is 6.82. The zero-order valence-corrected chi connectivity index (χ0v) is 12.7. The molecule has 0 radical (unpaired) electrons. The third-order valence-electron chi connectivity index (χ3n) is 3.43. The number of carbonyl (C=O) groups is 1. The Morgan fingerprint density at radius 2 is 1.78 bits per heavy atom. The van der Waals surface area contributed by atoms with E-state index in [0.717, 1.165) is 25.9 Å². The molecule has 106 valence electrons. The van der Waals surface area contributed by atoms with Crippen LogP contribution < -0.4 is 5.32 Å². The van der Waals surface area contributed by atoms with Gasteiger partial charge in [0.2, 0.25) is 0 Å². The molecule has 18 heavy (non-hydrogen) atoms. The summed E-state index contributed by atoms with van der Waals surface area (Å²) >= 11 is 0. The van der Waals surface area contributed by atoms with E-state index >= 15 is 0 Å². The molecule has 1 rings (SSSR count). The van der Waals surface area contributed by atoms with Crippen LogP contribution in [0.2, 0.25) is 0 Å². The highest BCUT2D eigenvalue weighted by Gasteiger charge is 2.33. The second kappa shape index (κ2) is 5.47. The molecule has 0 unspecified atom stereocenters. The quantitative estimate of drug-likeness (QED) is 0.826. The summed E-state index contributed by atoms with van der Waals surface area (Å²) in [5.74, 6) is 0. The number of alkyl carbamates (subject to hydrolysis) is 1. The molecule has 0 aromatic heterocycles. The van der Waals surface area contributed by atoms with Crippen LogP contribution in [0.3, 0.4) is 0 Å². The fourth-order valence-electron chi connectivity index (χ4n) is 2.21. The van der Waals surface area contributed by atoms with Crippen molar-refractivity contribution < 1.29 is 9.53 Å². The highest BCUT2D eigenvalue weighted by molar-refractivity contribution is 5.68. The minimum Gasteiger partial charge on any atom is -0.444 e. The number of nitrogens with one attached hydrogen (secondary N) is 1. The van der Waals surface area contributed by atoms with Gasteiger partial charge in [-0.15, -0.1) is 0 Å². The number of rotatable bonds is 2. The van der Waals surface area contributed by atoms with E-state index in [9.17, 15) is 4.79 Å². The van der Waals surface area contributed by atoms with Crippen molar-refractivity contribution in [3.8, 4) is 0 Å². The van der Waals surface area contributed by atoms with E-state index in [4.69, 9.17) is 4.74 Å². The molecule has 0 aromatic carbocycles. The zero-order valence-electron chi connectivity index (χ0n) is 12.7. The Balaban J connectivity index is 2.45. The number of likely N-dealkylation sites (tertiary alicyclic amines) is 1. The second-order valence-electron chi connectivity index (χ2n) is 6.82. The van der Waals surface area contributed by atoms with Gasteiger partial charge in [0, 0.05) is 24.7 Å². The van der Waals surface area contributed by atoms with Gasteiger partial charge in [0.05, 0.1) is 0 Å². The minimum atomic E-state index is -0.431. The number of hydrogen-bond acceptors (Lipinski definition) is 3. The van der Waals surface area contributed by atoms with Crippen LogP contribution in [0.25, 0.3) is 0 Å². The van der Waals surface area contributed by atoms with Crippen molar-refractivity contribution in [3.05, 3.63) is 0 Å². The fraction of sp³-hybridized carbons (Fsp3) is 0.929. The predicted molar refractivity (Wildman–Crippen MR) is 73.7 cm³/mol. The molecule has 0 bridgehead atoms. The Kier molecular flexibility index (Phi) is 4.65. The largest absolute Gasteiger partial charge is 0.444 e. The number of amides is 1. The van der Waals surface area contributed by atoms with Crippen LogP contribution in [0.1, 0.15) is 54.4 Å². The summed E-state index contributed by atoms with van der Waals surface area (Å²) in [5.41, 5.74) is -0.563. The van der Waals surface area contributed by atoms with Crippen molar-refractivity contribution >= 4 is 6.09 Å². The predicted octanol–water partition coefficient (Wildman–Crippen LogP) is 2.77. The first-order valence-electron chi connectivity index (χ1n) is 6.86. The van der Waals surface area contributed by atoms with Gasteiger partial charge in [0.25, 0.3) is 0 Å². The van der Waals surface area contributed by atoms with Crippen molar-refractivity contribution in [1.29, 1.82) is 0 Å². The summed E-state index contributed by atoms with van der Waals surface area (Å²) < 4.78 is 5.32. The lowest BCUT2D eigenvalue weighted by Gasteiger charge is -2.41.